The van der Waals surface area contributed by atoms with Gasteiger partial charge in [-0.3, -0.25) is 9.97 Å². The second-order valence-electron chi connectivity index (χ2n) is 7.18. The third-order valence-corrected chi connectivity index (χ3v) is 6.39. The van der Waals surface area contributed by atoms with Gasteiger partial charge in [-0.2, -0.15) is 0 Å². The molecule has 1 saturated carbocycles. The summed E-state index contributed by atoms with van der Waals surface area (Å²) in [5.74, 6) is 0. The van der Waals surface area contributed by atoms with Gasteiger partial charge in [0, 0.05) is 22.4 Å². The van der Waals surface area contributed by atoms with Gasteiger partial charge >= 0.3 is 0 Å². The van der Waals surface area contributed by atoms with E-state index in [4.69, 9.17) is 0 Å². The number of aromatic nitrogens is 2. The smallest absolute Gasteiger partial charge is 0.112 e. The van der Waals surface area contributed by atoms with E-state index in [0.29, 0.717) is 6.04 Å². The van der Waals surface area contributed by atoms with Crippen molar-refractivity contribution in [3.8, 4) is 11.1 Å². The van der Waals surface area contributed by atoms with Crippen LogP contribution in [0.1, 0.15) is 25.7 Å². The van der Waals surface area contributed by atoms with Crippen molar-refractivity contribution in [3.05, 3.63) is 79.1 Å². The Morgan fingerprint density at radius 3 is 2.11 bits per heavy atom. The zero-order valence-corrected chi connectivity index (χ0v) is 17.9. The van der Waals surface area contributed by atoms with Crippen molar-refractivity contribution in [2.24, 2.45) is 0 Å². The summed E-state index contributed by atoms with van der Waals surface area (Å²) >= 11 is 2.58. The van der Waals surface area contributed by atoms with Gasteiger partial charge in [0.15, 0.2) is 0 Å². The zero-order chi connectivity index (χ0) is 19.2. The Labute approximate surface area is 180 Å². The molecule has 1 aliphatic carbocycles. The number of benzene rings is 1. The summed E-state index contributed by atoms with van der Waals surface area (Å²) in [7, 11) is 0. The van der Waals surface area contributed by atoms with Gasteiger partial charge in [0.05, 0.1) is 11.2 Å². The van der Waals surface area contributed by atoms with Crippen LogP contribution in [0, 0.1) is 0 Å². The Balaban J connectivity index is 1.76. The van der Waals surface area contributed by atoms with Crippen molar-refractivity contribution in [1.82, 2.24) is 9.97 Å². The Morgan fingerprint density at radius 2 is 1.39 bits per heavy atom. The van der Waals surface area contributed by atoms with Crippen molar-refractivity contribution in [2.75, 3.05) is 5.32 Å². The van der Waals surface area contributed by atoms with Gasteiger partial charge in [0.2, 0.25) is 0 Å². The summed E-state index contributed by atoms with van der Waals surface area (Å²) in [5, 5.41) is 3.77. The topological polar surface area (TPSA) is 37.8 Å². The minimum Gasteiger partial charge on any atom is -0.380 e. The lowest BCUT2D eigenvalue weighted by Crippen LogP contribution is -2.26. The van der Waals surface area contributed by atoms with Gasteiger partial charge in [0.25, 0.3) is 0 Å². The lowest BCUT2D eigenvalue weighted by atomic mass is 9.95. The van der Waals surface area contributed by atoms with Crippen LogP contribution in [0.2, 0.25) is 0 Å². The highest BCUT2D eigenvalue weighted by atomic mass is 127. The molecule has 2 aromatic carbocycles. The first-order chi connectivity index (χ1) is 13.8. The Kier molecular flexibility index (Phi) is 6.37. The predicted molar refractivity (Wildman–Crippen MR) is 126 cm³/mol. The molecule has 3 nitrogen and oxygen atoms in total. The van der Waals surface area contributed by atoms with Gasteiger partial charge in [-0.1, -0.05) is 77.2 Å². The van der Waals surface area contributed by atoms with Gasteiger partial charge in [0.1, 0.15) is 5.52 Å². The first-order valence-electron chi connectivity index (χ1n) is 9.84. The maximum Gasteiger partial charge on any atom is 0.112 e. The predicted octanol–water partition coefficient (Wildman–Crippen LogP) is 6.58. The van der Waals surface area contributed by atoms with Crippen LogP contribution in [0.4, 0.5) is 5.69 Å². The van der Waals surface area contributed by atoms with Crippen LogP contribution < -0.4 is 5.32 Å². The van der Waals surface area contributed by atoms with E-state index in [9.17, 15) is 0 Å². The number of hydrogen-bond donors (Lipinski definition) is 1. The molecule has 28 heavy (non-hydrogen) atoms. The number of alkyl halides is 1. The third-order valence-electron chi connectivity index (χ3n) is 5.14. The highest BCUT2D eigenvalue weighted by molar-refractivity contribution is 14.1. The standard InChI is InChI=1S/C24H24IN3/c25-20-10-12-21(13-11-20)28-23-17-19(16-22-24(23)27-15-14-26-22)18-8-6-4-2-1-3-5-7-9-18/h1-9,14-17,20-21,28H,10-13H2. The molecule has 0 saturated heterocycles. The highest BCUT2D eigenvalue weighted by Gasteiger charge is 2.20. The number of anilines is 1. The molecule has 1 aliphatic rings. The minimum atomic E-state index is 0.507. The van der Waals surface area contributed by atoms with Crippen LogP contribution in [0.5, 0.6) is 0 Å². The summed E-state index contributed by atoms with van der Waals surface area (Å²) in [5.41, 5.74) is 5.27. The lowest BCUT2D eigenvalue weighted by molar-refractivity contribution is 0.483. The number of rotatable bonds is 3. The molecule has 1 N–H and O–H groups in total. The van der Waals surface area contributed by atoms with E-state index in [0.717, 1.165) is 31.8 Å². The molecular formula is C24H24IN3. The molecule has 0 atom stereocenters. The van der Waals surface area contributed by atoms with E-state index < -0.39 is 0 Å². The van der Waals surface area contributed by atoms with Gasteiger partial charge in [-0.15, -0.1) is 0 Å². The summed E-state index contributed by atoms with van der Waals surface area (Å²) in [6.07, 6.45) is 8.52. The quantitative estimate of drug-likeness (QED) is 0.339. The molecule has 1 fully saturated rings. The van der Waals surface area contributed by atoms with Crippen molar-refractivity contribution in [2.45, 2.75) is 35.6 Å². The maximum atomic E-state index is 4.61. The van der Waals surface area contributed by atoms with Crippen molar-refractivity contribution < 1.29 is 0 Å². The Hall–Kier alpha value is -2.21. The molecule has 0 spiro atoms. The Bertz CT molecular complexity index is 970. The second kappa shape index (κ2) is 9.32. The fourth-order valence-corrected chi connectivity index (χ4v) is 4.37. The van der Waals surface area contributed by atoms with Crippen LogP contribution in [0.15, 0.2) is 79.1 Å². The number of halogens is 1. The summed E-state index contributed by atoms with van der Waals surface area (Å²) in [6, 6.07) is 23.5. The van der Waals surface area contributed by atoms with E-state index >= 15 is 0 Å². The molecule has 3 aromatic rings. The van der Waals surface area contributed by atoms with E-state index in [1.807, 2.05) is 30.3 Å². The molecule has 4 rings (SSSR count). The van der Waals surface area contributed by atoms with E-state index in [2.05, 4.69) is 74.3 Å². The van der Waals surface area contributed by atoms with E-state index in [1.165, 1.54) is 25.7 Å². The number of nitrogens with zero attached hydrogens (tertiary/aromatic N) is 2. The fraction of sp³-hybridized carbons (Fsp3) is 0.250. The lowest BCUT2D eigenvalue weighted by Gasteiger charge is -2.27. The second-order valence-corrected chi connectivity index (χ2v) is 8.94. The van der Waals surface area contributed by atoms with Gasteiger partial charge in [-0.25, -0.2) is 0 Å². The van der Waals surface area contributed by atoms with Crippen molar-refractivity contribution >= 4 is 39.3 Å². The minimum absolute atomic E-state index is 0.507. The van der Waals surface area contributed by atoms with E-state index in [-0.39, 0.29) is 0 Å². The molecular weight excluding hydrogens is 457 g/mol. The van der Waals surface area contributed by atoms with Crippen LogP contribution in [-0.2, 0) is 0 Å². The van der Waals surface area contributed by atoms with Gasteiger partial charge < -0.3 is 5.32 Å². The Morgan fingerprint density at radius 1 is 0.750 bits per heavy atom. The molecule has 1 aromatic heterocycles. The molecule has 4 heteroatoms. The molecule has 0 radical (unpaired) electrons. The summed E-state index contributed by atoms with van der Waals surface area (Å²) < 4.78 is 0.811. The molecule has 0 bridgehead atoms. The molecule has 142 valence electrons. The molecule has 0 aliphatic heterocycles. The summed E-state index contributed by atoms with van der Waals surface area (Å²) in [6.45, 7) is 0. The summed E-state index contributed by atoms with van der Waals surface area (Å²) in [4.78, 5) is 9.19. The fourth-order valence-electron chi connectivity index (χ4n) is 3.66. The van der Waals surface area contributed by atoms with Crippen molar-refractivity contribution in [3.63, 3.8) is 0 Å². The van der Waals surface area contributed by atoms with Crippen LogP contribution in [0.25, 0.3) is 22.2 Å². The largest absolute Gasteiger partial charge is 0.380 e. The van der Waals surface area contributed by atoms with E-state index in [1.54, 1.807) is 12.4 Å². The zero-order valence-electron chi connectivity index (χ0n) is 15.8. The SMILES string of the molecule is IC1CCC(Nc2cc(-c3ccccccccc3)cc3nccnc23)CC1. The first kappa shape index (κ1) is 19.1. The maximum absolute atomic E-state index is 4.61. The van der Waals surface area contributed by atoms with Crippen LogP contribution in [-0.4, -0.2) is 19.9 Å². The number of hydrogen-bond acceptors (Lipinski definition) is 3. The van der Waals surface area contributed by atoms with Crippen LogP contribution >= 0.6 is 22.6 Å². The third kappa shape index (κ3) is 4.79. The number of nitrogens with one attached hydrogen (secondary N) is 1. The number of fused-ring (bicyclic) bond motifs is 1. The monoisotopic (exact) mass is 481 g/mol. The van der Waals surface area contributed by atoms with Crippen LogP contribution in [0.3, 0.4) is 0 Å². The highest BCUT2D eigenvalue weighted by Crippen LogP contribution is 2.32. The molecule has 1 heterocycles. The average molecular weight is 481 g/mol. The van der Waals surface area contributed by atoms with Gasteiger partial charge in [-0.05, 0) is 48.9 Å². The van der Waals surface area contributed by atoms with Crippen molar-refractivity contribution in [1.29, 1.82) is 0 Å². The first-order valence-corrected chi connectivity index (χ1v) is 11.1. The normalized spacial score (nSPS) is 19.0. The molecule has 0 unspecified atom stereocenters. The molecule has 0 amide bonds. The average Bonchev–Trinajstić information content (AvgIpc) is 2.73.